The highest BCUT2D eigenvalue weighted by molar-refractivity contribution is 5.91. The van der Waals surface area contributed by atoms with Crippen LogP contribution in [0.4, 0.5) is 19.4 Å². The van der Waals surface area contributed by atoms with Crippen molar-refractivity contribution in [2.75, 3.05) is 18.4 Å². The van der Waals surface area contributed by atoms with Gasteiger partial charge in [0.15, 0.2) is 11.6 Å². The summed E-state index contributed by atoms with van der Waals surface area (Å²) >= 11 is 0. The van der Waals surface area contributed by atoms with E-state index in [4.69, 9.17) is 5.10 Å². The van der Waals surface area contributed by atoms with Gasteiger partial charge in [-0.1, -0.05) is 37.1 Å². The highest BCUT2D eigenvalue weighted by Crippen LogP contribution is 2.35. The van der Waals surface area contributed by atoms with Crippen molar-refractivity contribution in [1.29, 1.82) is 0 Å². The predicted molar refractivity (Wildman–Crippen MR) is 149 cm³/mol. The van der Waals surface area contributed by atoms with Crippen LogP contribution in [0.5, 0.6) is 0 Å². The molecule has 10 heteroatoms. The average molecular weight is 546 g/mol. The van der Waals surface area contributed by atoms with Gasteiger partial charge < -0.3 is 5.32 Å². The Kier molecular flexibility index (Phi) is 7.10. The molecule has 2 atom stereocenters. The van der Waals surface area contributed by atoms with E-state index < -0.39 is 11.6 Å². The lowest BCUT2D eigenvalue weighted by Gasteiger charge is -2.23. The van der Waals surface area contributed by atoms with Crippen LogP contribution in [0.3, 0.4) is 0 Å². The Hall–Kier alpha value is -4.05. The smallest absolute Gasteiger partial charge is 0.320 e. The number of carbonyl (C=O) groups excluding carboxylic acids is 1. The summed E-state index contributed by atoms with van der Waals surface area (Å²) in [6.45, 7) is 3.26. The largest absolute Gasteiger partial charge is 0.333 e. The maximum absolute atomic E-state index is 14.2. The molecule has 208 valence electrons. The van der Waals surface area contributed by atoms with Crippen molar-refractivity contribution in [3.05, 3.63) is 83.7 Å². The zero-order valence-electron chi connectivity index (χ0n) is 22.6. The van der Waals surface area contributed by atoms with E-state index in [1.54, 1.807) is 21.6 Å². The molecule has 1 aliphatic heterocycles. The number of aryl methyl sites for hydroxylation is 1. The van der Waals surface area contributed by atoms with Gasteiger partial charge in [0.05, 0.1) is 17.9 Å². The van der Waals surface area contributed by atoms with Gasteiger partial charge in [-0.2, -0.15) is 10.2 Å². The number of para-hydroxylation sites is 1. The lowest BCUT2D eigenvalue weighted by atomic mass is 9.94. The minimum atomic E-state index is -0.870. The number of anilines is 1. The fourth-order valence-corrected chi connectivity index (χ4v) is 6.16. The Morgan fingerprint density at radius 3 is 2.50 bits per heavy atom. The van der Waals surface area contributed by atoms with E-state index in [9.17, 15) is 13.6 Å². The molecule has 6 rings (SSSR count). The van der Waals surface area contributed by atoms with Crippen molar-refractivity contribution in [3.63, 3.8) is 0 Å². The van der Waals surface area contributed by atoms with Gasteiger partial charge in [0.25, 0.3) is 0 Å². The molecular formula is C30H33F2N7O. The van der Waals surface area contributed by atoms with E-state index in [2.05, 4.69) is 20.6 Å². The molecule has 2 aromatic heterocycles. The van der Waals surface area contributed by atoms with Crippen molar-refractivity contribution in [1.82, 2.24) is 29.8 Å². The third-order valence-electron chi connectivity index (χ3n) is 8.21. The van der Waals surface area contributed by atoms with E-state index in [1.807, 2.05) is 50.5 Å². The third-order valence-corrected chi connectivity index (χ3v) is 8.21. The number of amides is 2. The third kappa shape index (κ3) is 5.11. The minimum absolute atomic E-state index is 0.160. The SMILES string of the molecule is Cc1c(-c2cnn(C)c2)nn(-c2ccccc2)c1NC(=O)N[C@@H]1CN(C2CCCC2)C[C@H]1c1ccc(F)c(F)c1. The molecule has 3 heterocycles. The highest BCUT2D eigenvalue weighted by Gasteiger charge is 2.39. The second kappa shape index (κ2) is 10.8. The quantitative estimate of drug-likeness (QED) is 0.341. The summed E-state index contributed by atoms with van der Waals surface area (Å²) in [6, 6.07) is 13.5. The summed E-state index contributed by atoms with van der Waals surface area (Å²) in [5.74, 6) is -1.35. The summed E-state index contributed by atoms with van der Waals surface area (Å²) in [6.07, 6.45) is 8.26. The van der Waals surface area contributed by atoms with E-state index in [0.29, 0.717) is 30.5 Å². The van der Waals surface area contributed by atoms with Crippen LogP contribution in [0.2, 0.25) is 0 Å². The molecule has 0 unspecified atom stereocenters. The second-order valence-corrected chi connectivity index (χ2v) is 10.8. The molecule has 2 aliphatic rings. The summed E-state index contributed by atoms with van der Waals surface area (Å²) in [5.41, 5.74) is 3.88. The summed E-state index contributed by atoms with van der Waals surface area (Å²) in [5, 5.41) is 15.3. The molecular weight excluding hydrogens is 512 g/mol. The number of benzene rings is 2. The van der Waals surface area contributed by atoms with Crippen molar-refractivity contribution in [2.24, 2.45) is 7.05 Å². The van der Waals surface area contributed by atoms with E-state index in [0.717, 1.165) is 35.3 Å². The monoisotopic (exact) mass is 545 g/mol. The number of urea groups is 1. The molecule has 0 radical (unpaired) electrons. The summed E-state index contributed by atoms with van der Waals surface area (Å²) < 4.78 is 31.4. The normalized spacial score (nSPS) is 19.8. The van der Waals surface area contributed by atoms with Crippen LogP contribution in [-0.4, -0.2) is 55.7 Å². The number of halogens is 2. The topological polar surface area (TPSA) is 80.0 Å². The number of carbonyl (C=O) groups is 1. The average Bonchev–Trinajstić information content (AvgIpc) is 3.75. The van der Waals surface area contributed by atoms with Gasteiger partial charge in [0, 0.05) is 49.4 Å². The van der Waals surface area contributed by atoms with Gasteiger partial charge >= 0.3 is 6.03 Å². The van der Waals surface area contributed by atoms with Gasteiger partial charge in [0.2, 0.25) is 0 Å². The van der Waals surface area contributed by atoms with Crippen molar-refractivity contribution in [3.8, 4) is 16.9 Å². The van der Waals surface area contributed by atoms with E-state index in [1.165, 1.54) is 25.0 Å². The lowest BCUT2D eigenvalue weighted by Crippen LogP contribution is -2.43. The first-order chi connectivity index (χ1) is 19.4. The molecule has 2 fully saturated rings. The standard InChI is InChI=1S/C30H33F2N7O/c1-19-28(21-15-33-37(2)16-21)36-39(23-10-4-3-5-11-23)29(19)35-30(40)34-27-18-38(22-8-6-7-9-22)17-24(27)20-12-13-25(31)26(32)14-20/h3-5,10-16,22,24,27H,6-9,17-18H2,1-2H3,(H2,34,35,40)/t24-,27+/m0/s1. The fraction of sp³-hybridized carbons (Fsp3) is 0.367. The van der Waals surface area contributed by atoms with Gasteiger partial charge in [-0.25, -0.2) is 18.3 Å². The van der Waals surface area contributed by atoms with Crippen molar-refractivity contribution < 1.29 is 13.6 Å². The number of nitrogens with one attached hydrogen (secondary N) is 2. The summed E-state index contributed by atoms with van der Waals surface area (Å²) in [7, 11) is 1.85. The number of rotatable bonds is 6. The molecule has 1 saturated carbocycles. The van der Waals surface area contributed by atoms with E-state index in [-0.39, 0.29) is 18.0 Å². The van der Waals surface area contributed by atoms with Gasteiger partial charge in [-0.15, -0.1) is 0 Å². The maximum atomic E-state index is 14.2. The Labute approximate surface area is 232 Å². The molecule has 40 heavy (non-hydrogen) atoms. The molecule has 1 saturated heterocycles. The number of hydrogen-bond acceptors (Lipinski definition) is 4. The molecule has 0 spiro atoms. The van der Waals surface area contributed by atoms with Crippen LogP contribution in [0.25, 0.3) is 16.9 Å². The second-order valence-electron chi connectivity index (χ2n) is 10.8. The van der Waals surface area contributed by atoms with Gasteiger partial charge in [-0.3, -0.25) is 14.9 Å². The summed E-state index contributed by atoms with van der Waals surface area (Å²) in [4.78, 5) is 15.9. The molecule has 2 N–H and O–H groups in total. The Bertz CT molecular complexity index is 1510. The zero-order chi connectivity index (χ0) is 27.8. The first kappa shape index (κ1) is 26.2. The van der Waals surface area contributed by atoms with Crippen molar-refractivity contribution in [2.45, 2.75) is 50.6 Å². The maximum Gasteiger partial charge on any atom is 0.320 e. The molecule has 1 aliphatic carbocycles. The Morgan fingerprint density at radius 2 is 1.80 bits per heavy atom. The number of hydrogen-bond donors (Lipinski definition) is 2. The van der Waals surface area contributed by atoms with Gasteiger partial charge in [0.1, 0.15) is 11.5 Å². The van der Waals surface area contributed by atoms with Crippen LogP contribution in [0.15, 0.2) is 60.9 Å². The first-order valence-electron chi connectivity index (χ1n) is 13.8. The van der Waals surface area contributed by atoms with Crippen LogP contribution in [-0.2, 0) is 7.05 Å². The zero-order valence-corrected chi connectivity index (χ0v) is 22.6. The number of likely N-dealkylation sites (tertiary alicyclic amines) is 1. The fourth-order valence-electron chi connectivity index (χ4n) is 6.16. The van der Waals surface area contributed by atoms with Crippen LogP contribution in [0.1, 0.15) is 42.7 Å². The number of nitrogens with zero attached hydrogens (tertiary/aromatic N) is 5. The van der Waals surface area contributed by atoms with Crippen LogP contribution >= 0.6 is 0 Å². The van der Waals surface area contributed by atoms with E-state index >= 15 is 0 Å². The Morgan fingerprint density at radius 1 is 1.02 bits per heavy atom. The Balaban J connectivity index is 1.28. The highest BCUT2D eigenvalue weighted by atomic mass is 19.2. The molecule has 8 nitrogen and oxygen atoms in total. The van der Waals surface area contributed by atoms with Crippen LogP contribution < -0.4 is 10.6 Å². The minimum Gasteiger partial charge on any atom is -0.333 e. The number of aromatic nitrogens is 4. The molecule has 2 amide bonds. The molecule has 4 aromatic rings. The van der Waals surface area contributed by atoms with Gasteiger partial charge in [-0.05, 0) is 49.6 Å². The molecule has 2 aromatic carbocycles. The van der Waals surface area contributed by atoms with Crippen molar-refractivity contribution >= 4 is 11.8 Å². The molecule has 0 bridgehead atoms. The predicted octanol–water partition coefficient (Wildman–Crippen LogP) is 5.39. The lowest BCUT2D eigenvalue weighted by molar-refractivity contribution is 0.233. The first-order valence-corrected chi connectivity index (χ1v) is 13.8. The van der Waals surface area contributed by atoms with Crippen LogP contribution in [0, 0.1) is 18.6 Å².